The predicted octanol–water partition coefficient (Wildman–Crippen LogP) is 7.93. The maximum absolute atomic E-state index is 13.7. The fourth-order valence-corrected chi connectivity index (χ4v) is 7.26. The maximum Gasteiger partial charge on any atom is 0.416 e. The van der Waals surface area contributed by atoms with Crippen LogP contribution < -0.4 is 0 Å². The Morgan fingerprint density at radius 1 is 0.776 bits per heavy atom. The summed E-state index contributed by atoms with van der Waals surface area (Å²) in [6, 6.07) is 19.4. The smallest absolute Gasteiger partial charge is 0.416 e. The van der Waals surface area contributed by atoms with E-state index in [1.807, 2.05) is 48.5 Å². The van der Waals surface area contributed by atoms with Crippen molar-refractivity contribution in [3.63, 3.8) is 0 Å². The Bertz CT molecular complexity index is 1560. The van der Waals surface area contributed by atoms with Crippen LogP contribution in [-0.4, -0.2) is 70.6 Å². The third-order valence-corrected chi connectivity index (χ3v) is 9.90. The van der Waals surface area contributed by atoms with E-state index >= 15 is 0 Å². The topological polar surface area (TPSA) is 53.1 Å². The summed E-state index contributed by atoms with van der Waals surface area (Å²) in [5, 5.41) is 0. The van der Waals surface area contributed by atoms with Gasteiger partial charge in [-0.15, -0.1) is 0 Å². The lowest BCUT2D eigenvalue weighted by atomic mass is 9.85. The molecule has 0 N–H and O–H groups in total. The Balaban J connectivity index is 0.00000468. The summed E-state index contributed by atoms with van der Waals surface area (Å²) in [5.74, 6) is -0.909. The van der Waals surface area contributed by atoms with E-state index in [1.165, 1.54) is 10.5 Å². The molecule has 264 valence electrons. The van der Waals surface area contributed by atoms with E-state index in [0.29, 0.717) is 44.4 Å². The molecular formula is C36H39F6N3O3S. The van der Waals surface area contributed by atoms with E-state index in [9.17, 15) is 35.9 Å². The zero-order chi connectivity index (χ0) is 34.1. The number of hydrogen-bond donors (Lipinski definition) is 0. The number of alkyl halides is 6. The molecule has 13 heteroatoms. The van der Waals surface area contributed by atoms with Crippen molar-refractivity contribution in [2.75, 3.05) is 26.2 Å². The molecule has 49 heavy (non-hydrogen) atoms. The first-order chi connectivity index (χ1) is 22.8. The normalized spacial score (nSPS) is 21.6. The molecule has 0 bridgehead atoms. The van der Waals surface area contributed by atoms with E-state index < -0.39 is 52.7 Å². The van der Waals surface area contributed by atoms with E-state index in [4.69, 9.17) is 4.74 Å². The first kappa shape index (κ1) is 36.6. The minimum Gasteiger partial charge on any atom is -0.443 e. The molecule has 3 heterocycles. The van der Waals surface area contributed by atoms with Crippen molar-refractivity contribution < 1.29 is 40.7 Å². The zero-order valence-corrected chi connectivity index (χ0v) is 27.8. The first-order valence-corrected chi connectivity index (χ1v) is 16.2. The lowest BCUT2D eigenvalue weighted by Crippen LogP contribution is -2.59. The summed E-state index contributed by atoms with van der Waals surface area (Å²) >= 11 is 0. The monoisotopic (exact) mass is 707 g/mol. The Hall–Kier alpha value is -3.71. The van der Waals surface area contributed by atoms with Crippen LogP contribution in [0.2, 0.25) is 0 Å². The van der Waals surface area contributed by atoms with Crippen LogP contribution in [-0.2, 0) is 30.1 Å². The lowest BCUT2D eigenvalue weighted by Gasteiger charge is -2.49. The summed E-state index contributed by atoms with van der Waals surface area (Å²) in [6.07, 6.45) is -7.53. The van der Waals surface area contributed by atoms with Crippen molar-refractivity contribution in [1.82, 2.24) is 14.7 Å². The molecule has 3 aliphatic rings. The van der Waals surface area contributed by atoms with Gasteiger partial charge >= 0.3 is 18.4 Å². The number of halogens is 6. The molecule has 2 amide bonds. The molecule has 1 spiro atoms. The summed E-state index contributed by atoms with van der Waals surface area (Å²) in [6.45, 7) is 2.95. The second-order valence-electron chi connectivity index (χ2n) is 13.1. The average molecular weight is 708 g/mol. The van der Waals surface area contributed by atoms with Gasteiger partial charge in [-0.1, -0.05) is 60.7 Å². The highest BCUT2D eigenvalue weighted by Crippen LogP contribution is 2.39. The lowest BCUT2D eigenvalue weighted by molar-refractivity contribution is -0.143. The Morgan fingerprint density at radius 2 is 1.33 bits per heavy atom. The van der Waals surface area contributed by atoms with Gasteiger partial charge in [-0.2, -0.15) is 39.8 Å². The standard InChI is InChI=1S/C36H37F6N3O3.H2S/c37-35(38,39)28-20-27(21-29(22-28)36(40,41)42)32(46)44-15-11-30(23-31(44)19-25-7-3-1-4-8-25)45-18-14-34(48-33(45)47)12-16-43(17-13-34)24-26-9-5-2-6-10-26;/h1-10,20-22,30-31H,11-19,23-24H2;1H2. The number of likely N-dealkylation sites (tertiary alicyclic amines) is 2. The van der Waals surface area contributed by atoms with Crippen LogP contribution in [0.15, 0.2) is 78.9 Å². The number of ether oxygens (including phenoxy) is 1. The van der Waals surface area contributed by atoms with Gasteiger partial charge in [0.05, 0.1) is 11.1 Å². The van der Waals surface area contributed by atoms with Crippen LogP contribution in [0.4, 0.5) is 31.1 Å². The Kier molecular flexibility index (Phi) is 10.9. The van der Waals surface area contributed by atoms with Crippen molar-refractivity contribution in [3.05, 3.63) is 107 Å². The molecular weight excluding hydrogens is 668 g/mol. The fourth-order valence-electron chi connectivity index (χ4n) is 7.26. The van der Waals surface area contributed by atoms with Crippen LogP contribution >= 0.6 is 13.5 Å². The van der Waals surface area contributed by atoms with Gasteiger partial charge in [0.25, 0.3) is 5.91 Å². The van der Waals surface area contributed by atoms with E-state index in [-0.39, 0.29) is 32.1 Å². The third-order valence-electron chi connectivity index (χ3n) is 9.90. The average Bonchev–Trinajstić information content (AvgIpc) is 3.06. The second kappa shape index (κ2) is 14.6. The molecule has 3 aliphatic heterocycles. The predicted molar refractivity (Wildman–Crippen MR) is 176 cm³/mol. The van der Waals surface area contributed by atoms with Gasteiger partial charge in [0.15, 0.2) is 0 Å². The molecule has 6 rings (SSSR count). The summed E-state index contributed by atoms with van der Waals surface area (Å²) in [4.78, 5) is 32.6. The van der Waals surface area contributed by atoms with Gasteiger partial charge in [-0.3, -0.25) is 9.69 Å². The van der Waals surface area contributed by atoms with Crippen molar-refractivity contribution in [2.45, 2.75) is 75.1 Å². The van der Waals surface area contributed by atoms with Gasteiger partial charge in [-0.25, -0.2) is 4.79 Å². The Morgan fingerprint density at radius 3 is 1.88 bits per heavy atom. The van der Waals surface area contributed by atoms with Crippen LogP contribution in [0.3, 0.4) is 0 Å². The van der Waals surface area contributed by atoms with Gasteiger partial charge in [0.1, 0.15) is 5.60 Å². The van der Waals surface area contributed by atoms with Crippen molar-refractivity contribution in [2.24, 2.45) is 0 Å². The van der Waals surface area contributed by atoms with Gasteiger partial charge in [0, 0.05) is 69.6 Å². The number of rotatable bonds is 6. The molecule has 3 fully saturated rings. The fraction of sp³-hybridized carbons (Fsp3) is 0.444. The number of piperidine rings is 2. The van der Waals surface area contributed by atoms with E-state index in [2.05, 4.69) is 17.0 Å². The number of benzene rings is 3. The van der Waals surface area contributed by atoms with Gasteiger partial charge in [0.2, 0.25) is 0 Å². The second-order valence-corrected chi connectivity index (χ2v) is 13.1. The number of amides is 2. The van der Waals surface area contributed by atoms with Gasteiger partial charge < -0.3 is 14.5 Å². The van der Waals surface area contributed by atoms with Crippen LogP contribution in [0, 0.1) is 0 Å². The van der Waals surface area contributed by atoms with E-state index in [1.54, 1.807) is 4.90 Å². The van der Waals surface area contributed by atoms with E-state index in [0.717, 1.165) is 38.0 Å². The molecule has 0 aromatic heterocycles. The Labute approximate surface area is 288 Å². The number of carbonyl (C=O) groups excluding carboxylic acids is 2. The van der Waals surface area contributed by atoms with Crippen LogP contribution in [0.5, 0.6) is 0 Å². The molecule has 0 saturated carbocycles. The summed E-state index contributed by atoms with van der Waals surface area (Å²) in [5.41, 5.74) is -2.21. The third kappa shape index (κ3) is 8.54. The van der Waals surface area contributed by atoms with Crippen LogP contribution in [0.25, 0.3) is 0 Å². The number of hydrogen-bond acceptors (Lipinski definition) is 4. The van der Waals surface area contributed by atoms with Crippen molar-refractivity contribution in [3.8, 4) is 0 Å². The van der Waals surface area contributed by atoms with Crippen molar-refractivity contribution in [1.29, 1.82) is 0 Å². The van der Waals surface area contributed by atoms with Crippen molar-refractivity contribution >= 4 is 25.5 Å². The molecule has 6 nitrogen and oxygen atoms in total. The number of carbonyl (C=O) groups is 2. The molecule has 3 aromatic carbocycles. The first-order valence-electron chi connectivity index (χ1n) is 16.2. The number of nitrogens with zero attached hydrogens (tertiary/aromatic N) is 3. The highest BCUT2D eigenvalue weighted by atomic mass is 32.1. The quantitative estimate of drug-likeness (QED) is 0.245. The van der Waals surface area contributed by atoms with Crippen LogP contribution in [0.1, 0.15) is 64.7 Å². The molecule has 2 atom stereocenters. The minimum absolute atomic E-state index is 0. The molecule has 2 unspecified atom stereocenters. The largest absolute Gasteiger partial charge is 0.443 e. The molecule has 3 saturated heterocycles. The highest BCUT2D eigenvalue weighted by molar-refractivity contribution is 7.59. The maximum atomic E-state index is 13.7. The molecule has 0 aliphatic carbocycles. The SMILES string of the molecule is O=C1OC2(CCN(Cc3ccccc3)CC2)CCN1C1CCN(C(=O)c2cc(C(F)(F)F)cc(C(F)(F)F)c2)C(Cc2ccccc2)C1.S. The van der Waals surface area contributed by atoms with Gasteiger partial charge in [-0.05, 0) is 48.6 Å². The summed E-state index contributed by atoms with van der Waals surface area (Å²) < 4.78 is 87.7. The summed E-state index contributed by atoms with van der Waals surface area (Å²) in [7, 11) is 0. The molecule has 0 radical (unpaired) electrons. The minimum atomic E-state index is -5.07. The highest BCUT2D eigenvalue weighted by Gasteiger charge is 2.46. The zero-order valence-electron chi connectivity index (χ0n) is 26.8. The molecule has 3 aromatic rings.